The highest BCUT2D eigenvalue weighted by atomic mass is 35.5. The number of benzene rings is 2. The first-order chi connectivity index (χ1) is 12.5. The minimum atomic E-state index is 0.0167. The molecule has 0 saturated carbocycles. The zero-order valence-corrected chi connectivity index (χ0v) is 16.2. The molecule has 136 valence electrons. The molecule has 0 aliphatic carbocycles. The lowest BCUT2D eigenvalue weighted by Gasteiger charge is -2.33. The van der Waals surface area contributed by atoms with E-state index in [-0.39, 0.29) is 11.8 Å². The van der Waals surface area contributed by atoms with Crippen molar-refractivity contribution in [1.82, 2.24) is 4.90 Å². The van der Waals surface area contributed by atoms with Gasteiger partial charge < -0.3 is 15.5 Å². The molecule has 0 spiro atoms. The highest BCUT2D eigenvalue weighted by Crippen LogP contribution is 2.23. The van der Waals surface area contributed by atoms with Crippen LogP contribution in [0.5, 0.6) is 0 Å². The normalized spacial score (nSPS) is 14.8. The van der Waals surface area contributed by atoms with E-state index in [1.165, 1.54) is 0 Å². The number of rotatable bonds is 3. The molecule has 26 heavy (non-hydrogen) atoms. The summed E-state index contributed by atoms with van der Waals surface area (Å²) in [5.74, 6) is 0.100. The highest BCUT2D eigenvalue weighted by Gasteiger charge is 2.26. The molecule has 0 radical (unpaired) electrons. The lowest BCUT2D eigenvalue weighted by molar-refractivity contribution is -0.120. The van der Waals surface area contributed by atoms with Crippen LogP contribution in [-0.2, 0) is 4.79 Å². The van der Waals surface area contributed by atoms with Crippen LogP contribution < -0.4 is 10.6 Å². The van der Waals surface area contributed by atoms with Crippen LogP contribution in [0.2, 0.25) is 5.02 Å². The fourth-order valence-corrected chi connectivity index (χ4v) is 3.46. The third kappa shape index (κ3) is 4.74. The molecule has 1 amide bonds. The molecule has 0 bridgehead atoms. The number of carbonyl (C=O) groups excluding carboxylic acids is 1. The van der Waals surface area contributed by atoms with E-state index in [0.29, 0.717) is 10.1 Å². The molecule has 1 aliphatic rings. The maximum Gasteiger partial charge on any atom is 0.227 e. The van der Waals surface area contributed by atoms with Crippen LogP contribution in [0, 0.1) is 12.8 Å². The Morgan fingerprint density at radius 3 is 2.42 bits per heavy atom. The monoisotopic (exact) mass is 387 g/mol. The number of amides is 1. The Bertz CT molecular complexity index is 789. The largest absolute Gasteiger partial charge is 0.349 e. The predicted octanol–water partition coefficient (Wildman–Crippen LogP) is 4.70. The molecule has 1 fully saturated rings. The van der Waals surface area contributed by atoms with Gasteiger partial charge in [0.05, 0.1) is 0 Å². The van der Waals surface area contributed by atoms with Gasteiger partial charge in [-0.2, -0.15) is 0 Å². The molecular weight excluding hydrogens is 366 g/mol. The number of hydrogen-bond donors (Lipinski definition) is 2. The zero-order valence-electron chi connectivity index (χ0n) is 14.7. The molecule has 1 heterocycles. The third-order valence-electron chi connectivity index (χ3n) is 4.62. The summed E-state index contributed by atoms with van der Waals surface area (Å²) in [7, 11) is 0. The number of anilines is 2. The smallest absolute Gasteiger partial charge is 0.227 e. The number of hydrogen-bond acceptors (Lipinski definition) is 2. The number of aryl methyl sites for hydroxylation is 1. The number of nitrogens with zero attached hydrogens (tertiary/aromatic N) is 1. The summed E-state index contributed by atoms with van der Waals surface area (Å²) >= 11 is 11.7. The van der Waals surface area contributed by atoms with Gasteiger partial charge in [0.15, 0.2) is 5.11 Å². The van der Waals surface area contributed by atoms with Gasteiger partial charge in [0, 0.05) is 35.4 Å². The zero-order chi connectivity index (χ0) is 18.5. The van der Waals surface area contributed by atoms with Gasteiger partial charge in [-0.3, -0.25) is 4.79 Å². The first-order valence-corrected chi connectivity index (χ1v) is 9.49. The molecular formula is C20H22ClN3OS. The second-order valence-electron chi connectivity index (χ2n) is 6.51. The number of carbonyl (C=O) groups is 1. The van der Waals surface area contributed by atoms with Crippen molar-refractivity contribution >= 4 is 46.2 Å². The lowest BCUT2D eigenvalue weighted by atomic mass is 9.96. The topological polar surface area (TPSA) is 44.4 Å². The summed E-state index contributed by atoms with van der Waals surface area (Å²) < 4.78 is 0. The van der Waals surface area contributed by atoms with Gasteiger partial charge in [0.25, 0.3) is 0 Å². The van der Waals surface area contributed by atoms with E-state index >= 15 is 0 Å². The Kier molecular flexibility index (Phi) is 6.12. The molecule has 0 aromatic heterocycles. The average molecular weight is 388 g/mol. The van der Waals surface area contributed by atoms with Crippen molar-refractivity contribution in [2.75, 3.05) is 23.7 Å². The lowest BCUT2D eigenvalue weighted by Crippen LogP contribution is -2.43. The van der Waals surface area contributed by atoms with Crippen LogP contribution in [0.4, 0.5) is 11.4 Å². The molecule has 1 saturated heterocycles. The van der Waals surface area contributed by atoms with Gasteiger partial charge in [-0.25, -0.2) is 0 Å². The summed E-state index contributed by atoms with van der Waals surface area (Å²) in [6, 6.07) is 15.4. The minimum absolute atomic E-state index is 0.0167. The van der Waals surface area contributed by atoms with E-state index in [4.69, 9.17) is 23.8 Å². The summed E-state index contributed by atoms with van der Waals surface area (Å²) in [4.78, 5) is 14.5. The predicted molar refractivity (Wildman–Crippen MR) is 112 cm³/mol. The van der Waals surface area contributed by atoms with Crippen LogP contribution in [0.3, 0.4) is 0 Å². The number of nitrogens with one attached hydrogen (secondary N) is 2. The van der Waals surface area contributed by atoms with Crippen molar-refractivity contribution in [2.24, 2.45) is 5.92 Å². The van der Waals surface area contributed by atoms with Crippen LogP contribution in [0.15, 0.2) is 48.5 Å². The molecule has 4 nitrogen and oxygen atoms in total. The van der Waals surface area contributed by atoms with Gasteiger partial charge in [-0.05, 0) is 61.8 Å². The third-order valence-corrected chi connectivity index (χ3v) is 5.38. The molecule has 2 aromatic rings. The van der Waals surface area contributed by atoms with Crippen molar-refractivity contribution in [2.45, 2.75) is 19.8 Å². The van der Waals surface area contributed by atoms with Gasteiger partial charge in [0.2, 0.25) is 5.91 Å². The standard InChI is InChI=1S/C20H22ClN3OS/c1-14-7-8-17(13-18(14)21)23-20(26)24-11-9-15(10-12-24)19(25)22-16-5-3-2-4-6-16/h2-8,13,15H,9-12H2,1H3,(H,22,25)(H,23,26). The number of likely N-dealkylation sites (tertiary alicyclic amines) is 1. The van der Waals surface area contributed by atoms with Gasteiger partial charge >= 0.3 is 0 Å². The first-order valence-electron chi connectivity index (χ1n) is 8.71. The number of halogens is 1. The first kappa shape index (κ1) is 18.7. The summed E-state index contributed by atoms with van der Waals surface area (Å²) in [6.07, 6.45) is 1.57. The second-order valence-corrected chi connectivity index (χ2v) is 7.30. The Balaban J connectivity index is 1.50. The van der Waals surface area contributed by atoms with Crippen LogP contribution in [-0.4, -0.2) is 29.0 Å². The highest BCUT2D eigenvalue weighted by molar-refractivity contribution is 7.80. The Morgan fingerprint density at radius 2 is 1.77 bits per heavy atom. The van der Waals surface area contributed by atoms with Crippen LogP contribution in [0.1, 0.15) is 18.4 Å². The maximum absolute atomic E-state index is 12.4. The fourth-order valence-electron chi connectivity index (χ4n) is 2.98. The summed E-state index contributed by atoms with van der Waals surface area (Å²) in [6.45, 7) is 3.49. The van der Waals surface area contributed by atoms with Crippen LogP contribution in [0.25, 0.3) is 0 Å². The SMILES string of the molecule is Cc1ccc(NC(=S)N2CCC(C(=O)Nc3ccccc3)CC2)cc1Cl. The van der Waals surface area contributed by atoms with E-state index < -0.39 is 0 Å². The van der Waals surface area contributed by atoms with E-state index in [1.807, 2.05) is 55.5 Å². The summed E-state index contributed by atoms with van der Waals surface area (Å²) in [5.41, 5.74) is 2.76. The average Bonchev–Trinajstić information content (AvgIpc) is 2.65. The van der Waals surface area contributed by atoms with Crippen molar-refractivity contribution < 1.29 is 4.79 Å². The van der Waals surface area contributed by atoms with E-state index in [9.17, 15) is 4.79 Å². The Labute approximate surface area is 164 Å². The molecule has 2 aromatic carbocycles. The molecule has 3 rings (SSSR count). The van der Waals surface area contributed by atoms with E-state index in [1.54, 1.807) is 0 Å². The van der Waals surface area contributed by atoms with Crippen molar-refractivity contribution in [3.8, 4) is 0 Å². The number of para-hydroxylation sites is 1. The molecule has 0 unspecified atom stereocenters. The maximum atomic E-state index is 12.4. The Morgan fingerprint density at radius 1 is 1.08 bits per heavy atom. The summed E-state index contributed by atoms with van der Waals surface area (Å²) in [5, 5.41) is 7.61. The molecule has 1 aliphatic heterocycles. The Hall–Kier alpha value is -2.11. The number of piperidine rings is 1. The van der Waals surface area contributed by atoms with Gasteiger partial charge in [-0.1, -0.05) is 35.9 Å². The minimum Gasteiger partial charge on any atom is -0.349 e. The van der Waals surface area contributed by atoms with Crippen molar-refractivity contribution in [1.29, 1.82) is 0 Å². The van der Waals surface area contributed by atoms with Crippen molar-refractivity contribution in [3.63, 3.8) is 0 Å². The van der Waals surface area contributed by atoms with E-state index in [2.05, 4.69) is 15.5 Å². The van der Waals surface area contributed by atoms with Crippen LogP contribution >= 0.6 is 23.8 Å². The van der Waals surface area contributed by atoms with Gasteiger partial charge in [0.1, 0.15) is 0 Å². The fraction of sp³-hybridized carbons (Fsp3) is 0.300. The number of thiocarbonyl (C=S) groups is 1. The molecule has 0 atom stereocenters. The van der Waals surface area contributed by atoms with Crippen molar-refractivity contribution in [3.05, 3.63) is 59.1 Å². The molecule has 6 heteroatoms. The van der Waals surface area contributed by atoms with E-state index in [0.717, 1.165) is 42.9 Å². The molecule has 2 N–H and O–H groups in total. The second kappa shape index (κ2) is 8.52. The quantitative estimate of drug-likeness (QED) is 0.749. The van der Waals surface area contributed by atoms with Gasteiger partial charge in [-0.15, -0.1) is 0 Å².